The summed E-state index contributed by atoms with van der Waals surface area (Å²) in [4.78, 5) is 43.5. The lowest BCUT2D eigenvalue weighted by atomic mass is 9.98. The van der Waals surface area contributed by atoms with Gasteiger partial charge in [-0.2, -0.15) is 18.4 Å². The molecule has 1 saturated heterocycles. The predicted octanol–water partition coefficient (Wildman–Crippen LogP) is 5.78. The quantitative estimate of drug-likeness (QED) is 0.285. The summed E-state index contributed by atoms with van der Waals surface area (Å²) in [6.45, 7) is 3.52. The Kier molecular flexibility index (Phi) is 10.5. The van der Waals surface area contributed by atoms with E-state index in [0.29, 0.717) is 37.2 Å². The van der Waals surface area contributed by atoms with Gasteiger partial charge in [0.05, 0.1) is 17.2 Å². The van der Waals surface area contributed by atoms with Crippen molar-refractivity contribution in [3.63, 3.8) is 0 Å². The minimum absolute atomic E-state index is 0.0129. The zero-order valence-corrected chi connectivity index (χ0v) is 25.8. The van der Waals surface area contributed by atoms with E-state index in [1.54, 1.807) is 17.0 Å². The molecule has 0 spiro atoms. The van der Waals surface area contributed by atoms with Gasteiger partial charge in [-0.3, -0.25) is 9.69 Å². The third-order valence-electron chi connectivity index (χ3n) is 8.58. The van der Waals surface area contributed by atoms with Crippen LogP contribution in [-0.2, 0) is 28.7 Å². The molecule has 1 heterocycles. The van der Waals surface area contributed by atoms with Crippen LogP contribution < -0.4 is 10.6 Å². The van der Waals surface area contributed by atoms with E-state index in [9.17, 15) is 32.8 Å². The zero-order valence-electron chi connectivity index (χ0n) is 25.8. The molecular formula is C35H36F3N5O4. The molecule has 3 aromatic rings. The number of esters is 1. The monoisotopic (exact) mass is 647 g/mol. The summed E-state index contributed by atoms with van der Waals surface area (Å²) >= 11 is 0. The number of rotatable bonds is 9. The first kappa shape index (κ1) is 33.5. The molecule has 1 atom stereocenters. The van der Waals surface area contributed by atoms with Gasteiger partial charge in [-0.25, -0.2) is 9.59 Å². The van der Waals surface area contributed by atoms with E-state index in [4.69, 9.17) is 4.74 Å². The third kappa shape index (κ3) is 8.68. The van der Waals surface area contributed by atoms with Gasteiger partial charge in [0.15, 0.2) is 5.60 Å². The fourth-order valence-corrected chi connectivity index (χ4v) is 5.89. The molecule has 1 unspecified atom stereocenters. The van der Waals surface area contributed by atoms with Crippen LogP contribution in [0.4, 0.5) is 23.7 Å². The number of carbonyl (C=O) groups is 3. The fraction of sp³-hybridized carbons (Fsp3) is 0.371. The van der Waals surface area contributed by atoms with E-state index in [2.05, 4.69) is 27.7 Å². The highest BCUT2D eigenvalue weighted by Crippen LogP contribution is 2.35. The number of hydrogen-bond donors (Lipinski definition) is 2. The second-order valence-electron chi connectivity index (χ2n) is 11.9. The first-order valence-corrected chi connectivity index (χ1v) is 15.6. The summed E-state index contributed by atoms with van der Waals surface area (Å²) in [5.41, 5.74) is 0.0949. The number of nitrogens with zero attached hydrogens (tertiary/aromatic N) is 3. The molecule has 1 aliphatic carbocycles. The van der Waals surface area contributed by atoms with Crippen molar-refractivity contribution in [2.75, 3.05) is 31.5 Å². The number of amides is 3. The van der Waals surface area contributed by atoms with Crippen molar-refractivity contribution in [1.29, 1.82) is 5.26 Å². The predicted molar refractivity (Wildman–Crippen MR) is 168 cm³/mol. The van der Waals surface area contributed by atoms with Gasteiger partial charge in [0.2, 0.25) is 0 Å². The Labute approximate surface area is 271 Å². The normalized spacial score (nSPS) is 16.9. The number of nitrogens with one attached hydrogen (secondary N) is 2. The Hall–Kier alpha value is -4.89. The first-order chi connectivity index (χ1) is 22.5. The minimum Gasteiger partial charge on any atom is -0.445 e. The molecule has 0 aromatic heterocycles. The van der Waals surface area contributed by atoms with Gasteiger partial charge >= 0.3 is 18.2 Å². The number of halogens is 3. The maximum atomic E-state index is 13.4. The van der Waals surface area contributed by atoms with Crippen LogP contribution in [0.5, 0.6) is 0 Å². The van der Waals surface area contributed by atoms with Crippen LogP contribution >= 0.6 is 0 Å². The molecular weight excluding hydrogens is 611 g/mol. The number of hydrogen-bond acceptors (Lipinski definition) is 6. The van der Waals surface area contributed by atoms with Crippen molar-refractivity contribution in [1.82, 2.24) is 15.1 Å². The minimum atomic E-state index is -4.48. The van der Waals surface area contributed by atoms with Gasteiger partial charge in [0.1, 0.15) is 6.04 Å². The molecule has 12 heteroatoms. The Balaban J connectivity index is 1.13. The maximum Gasteiger partial charge on any atom is 0.416 e. The molecule has 5 rings (SSSR count). The molecule has 9 nitrogen and oxygen atoms in total. The van der Waals surface area contributed by atoms with Crippen LogP contribution in [0.2, 0.25) is 0 Å². The molecule has 3 amide bonds. The van der Waals surface area contributed by atoms with Crippen LogP contribution in [-0.4, -0.2) is 65.5 Å². The van der Waals surface area contributed by atoms with Gasteiger partial charge < -0.3 is 20.3 Å². The Morgan fingerprint density at radius 3 is 2.11 bits per heavy atom. The number of anilines is 1. The Morgan fingerprint density at radius 2 is 1.51 bits per heavy atom. The zero-order chi connectivity index (χ0) is 33.4. The van der Waals surface area contributed by atoms with E-state index in [0.717, 1.165) is 31.8 Å². The van der Waals surface area contributed by atoms with Crippen LogP contribution in [0.25, 0.3) is 0 Å². The molecule has 2 N–H and O–H groups in total. The maximum absolute atomic E-state index is 13.4. The average Bonchev–Trinajstić information content (AvgIpc) is 3.55. The number of alkyl halides is 3. The van der Waals surface area contributed by atoms with Gasteiger partial charge in [-0.1, -0.05) is 42.5 Å². The molecule has 1 saturated carbocycles. The molecule has 246 valence electrons. The summed E-state index contributed by atoms with van der Waals surface area (Å²) in [5.74, 6) is -1.33. The number of urea groups is 1. The summed E-state index contributed by atoms with van der Waals surface area (Å²) < 4.78 is 44.5. The molecule has 3 aromatic carbocycles. The lowest BCUT2D eigenvalue weighted by Crippen LogP contribution is -2.51. The van der Waals surface area contributed by atoms with Crippen molar-refractivity contribution in [3.8, 4) is 6.07 Å². The number of piperazine rings is 1. The van der Waals surface area contributed by atoms with Crippen molar-refractivity contribution in [3.05, 3.63) is 101 Å². The van der Waals surface area contributed by atoms with E-state index in [1.165, 1.54) is 29.8 Å². The topological polar surface area (TPSA) is 115 Å². The van der Waals surface area contributed by atoms with Crippen molar-refractivity contribution in [2.45, 2.75) is 56.5 Å². The highest BCUT2D eigenvalue weighted by molar-refractivity contribution is 5.95. The lowest BCUT2D eigenvalue weighted by molar-refractivity contribution is -0.140. The summed E-state index contributed by atoms with van der Waals surface area (Å²) in [5, 5.41) is 15.1. The van der Waals surface area contributed by atoms with Crippen molar-refractivity contribution in [2.24, 2.45) is 0 Å². The van der Waals surface area contributed by atoms with E-state index in [-0.39, 0.29) is 30.9 Å². The number of benzene rings is 3. The lowest BCUT2D eigenvalue weighted by Gasteiger charge is -2.34. The molecule has 2 aliphatic rings. The molecule has 47 heavy (non-hydrogen) atoms. The summed E-state index contributed by atoms with van der Waals surface area (Å²) in [7, 11) is 0. The van der Waals surface area contributed by atoms with Crippen LogP contribution in [0.15, 0.2) is 78.9 Å². The molecule has 1 aliphatic heterocycles. The molecule has 0 bridgehead atoms. The molecule has 2 fully saturated rings. The average molecular weight is 648 g/mol. The second-order valence-corrected chi connectivity index (χ2v) is 11.9. The number of carbonyl (C=O) groups excluding carboxylic acids is 3. The number of nitriles is 1. The van der Waals surface area contributed by atoms with Crippen molar-refractivity contribution < 1.29 is 32.3 Å². The Morgan fingerprint density at radius 1 is 0.872 bits per heavy atom. The summed E-state index contributed by atoms with van der Waals surface area (Å²) in [6, 6.07) is 21.5. The van der Waals surface area contributed by atoms with Crippen LogP contribution in [0, 0.1) is 11.3 Å². The Bertz CT molecular complexity index is 1580. The van der Waals surface area contributed by atoms with Gasteiger partial charge in [0.25, 0.3) is 5.91 Å². The third-order valence-corrected chi connectivity index (χ3v) is 8.58. The van der Waals surface area contributed by atoms with E-state index >= 15 is 0 Å². The SMILES string of the molecule is N#CC(Cc1ccc(C(F)(F)F)cc1)NC(=O)C1(OC(=O)c2ccc(NC(=O)N3CCN(Cc4ccccc4)CC3)cc2)CCCC1. The summed E-state index contributed by atoms with van der Waals surface area (Å²) in [6.07, 6.45) is -2.66. The first-order valence-electron chi connectivity index (χ1n) is 15.6. The standard InChI is InChI=1S/C35H36F3N5O4/c36-35(37,38)28-12-8-25(9-13-28)22-30(23-39)40-32(45)34(16-4-5-17-34)47-31(44)27-10-14-29(15-11-27)41-33(46)43-20-18-42(19-21-43)24-26-6-2-1-3-7-26/h1-3,6-15,30H,4-5,16-22,24H2,(H,40,45)(H,41,46). The number of ether oxygens (including phenoxy) is 1. The smallest absolute Gasteiger partial charge is 0.416 e. The second kappa shape index (κ2) is 14.7. The highest BCUT2D eigenvalue weighted by Gasteiger charge is 2.46. The van der Waals surface area contributed by atoms with E-state index < -0.39 is 35.3 Å². The largest absolute Gasteiger partial charge is 0.445 e. The van der Waals surface area contributed by atoms with Gasteiger partial charge in [-0.05, 0) is 73.2 Å². The van der Waals surface area contributed by atoms with Crippen LogP contribution in [0.3, 0.4) is 0 Å². The highest BCUT2D eigenvalue weighted by atomic mass is 19.4. The van der Waals surface area contributed by atoms with Gasteiger partial charge in [-0.15, -0.1) is 0 Å². The molecule has 0 radical (unpaired) electrons. The van der Waals surface area contributed by atoms with Crippen molar-refractivity contribution >= 4 is 23.6 Å². The van der Waals surface area contributed by atoms with Crippen LogP contribution in [0.1, 0.15) is 52.7 Å². The fourth-order valence-electron chi connectivity index (χ4n) is 5.89. The van der Waals surface area contributed by atoms with Gasteiger partial charge in [0, 0.05) is 44.8 Å². The van der Waals surface area contributed by atoms with E-state index in [1.807, 2.05) is 24.3 Å².